The Hall–Kier alpha value is -5.34. The van der Waals surface area contributed by atoms with Crippen LogP contribution in [0.3, 0.4) is 0 Å². The number of aliphatic carboxylic acids is 1. The maximum atomic E-state index is 14.9. The quantitative estimate of drug-likeness (QED) is 0.137. The van der Waals surface area contributed by atoms with Crippen molar-refractivity contribution in [3.63, 3.8) is 0 Å². The van der Waals surface area contributed by atoms with Crippen molar-refractivity contribution in [3.05, 3.63) is 101 Å². The molecule has 0 aliphatic heterocycles. The first-order valence-corrected chi connectivity index (χ1v) is 14.3. The van der Waals surface area contributed by atoms with Gasteiger partial charge in [0.2, 0.25) is 0 Å². The standard InChI is InChI=1S/C33H24F8N4O3/c1-2-25(33(39,40)41)44-18-14-22(34)27(23(35)15-18)30(46)45-24(31(47)48)13-17-7-9-20(29-19(17)6-4-12-43-29)26-21(32(36,37)38)10-8-16-5-3-11-42-28(16)26/h3-12,14-15,24-25,44H,2,13H2,1H3,(H,45,46)(H,47,48)/t24-,25+/m0/s1. The normalized spacial score (nSPS) is 13.4. The zero-order valence-corrected chi connectivity index (χ0v) is 24.7. The number of carboxylic acids is 1. The van der Waals surface area contributed by atoms with Crippen molar-refractivity contribution in [1.82, 2.24) is 15.3 Å². The highest BCUT2D eigenvalue weighted by molar-refractivity contribution is 6.05. The van der Waals surface area contributed by atoms with Gasteiger partial charge in [-0.25, -0.2) is 13.6 Å². The zero-order valence-electron chi connectivity index (χ0n) is 24.7. The fourth-order valence-corrected chi connectivity index (χ4v) is 5.41. The number of carbonyl (C=O) groups is 2. The van der Waals surface area contributed by atoms with Gasteiger partial charge < -0.3 is 15.7 Å². The van der Waals surface area contributed by atoms with Gasteiger partial charge in [-0.3, -0.25) is 14.8 Å². The minimum absolute atomic E-state index is 0.0514. The van der Waals surface area contributed by atoms with Crippen LogP contribution in [0.1, 0.15) is 34.8 Å². The molecule has 48 heavy (non-hydrogen) atoms. The maximum absolute atomic E-state index is 14.9. The van der Waals surface area contributed by atoms with E-state index in [-0.39, 0.29) is 33.1 Å². The molecule has 0 unspecified atom stereocenters. The summed E-state index contributed by atoms with van der Waals surface area (Å²) in [4.78, 5) is 33.6. The Balaban J connectivity index is 1.49. The number of rotatable bonds is 9. The van der Waals surface area contributed by atoms with E-state index in [1.807, 2.05) is 10.6 Å². The van der Waals surface area contributed by atoms with E-state index in [9.17, 15) is 49.8 Å². The third kappa shape index (κ3) is 6.85. The van der Waals surface area contributed by atoms with Crippen LogP contribution < -0.4 is 10.6 Å². The number of carboxylic acid groups (broad SMARTS) is 1. The first kappa shape index (κ1) is 34.0. The number of aromatic nitrogens is 2. The molecule has 0 aliphatic carbocycles. The van der Waals surface area contributed by atoms with Gasteiger partial charge in [0.05, 0.1) is 16.6 Å². The molecule has 0 radical (unpaired) electrons. The molecule has 7 nitrogen and oxygen atoms in total. The molecule has 0 saturated carbocycles. The average Bonchev–Trinajstić information content (AvgIpc) is 3.01. The molecule has 15 heteroatoms. The molecule has 2 aromatic heterocycles. The second-order valence-electron chi connectivity index (χ2n) is 10.8. The summed E-state index contributed by atoms with van der Waals surface area (Å²) >= 11 is 0. The van der Waals surface area contributed by atoms with Crippen molar-refractivity contribution >= 4 is 39.4 Å². The zero-order chi connectivity index (χ0) is 35.0. The molecule has 2 atom stereocenters. The Morgan fingerprint density at radius 1 is 0.875 bits per heavy atom. The van der Waals surface area contributed by atoms with E-state index in [0.29, 0.717) is 17.5 Å². The number of nitrogens with zero attached hydrogens (tertiary/aromatic N) is 2. The predicted octanol–water partition coefficient (Wildman–Crippen LogP) is 7.93. The second-order valence-corrected chi connectivity index (χ2v) is 10.8. The second kappa shape index (κ2) is 13.0. The third-order valence-electron chi connectivity index (χ3n) is 7.65. The lowest BCUT2D eigenvalue weighted by atomic mass is 9.91. The van der Waals surface area contributed by atoms with Crippen LogP contribution in [0.2, 0.25) is 0 Å². The lowest BCUT2D eigenvalue weighted by molar-refractivity contribution is -0.143. The minimum Gasteiger partial charge on any atom is -0.480 e. The number of pyridine rings is 2. The molecule has 0 bridgehead atoms. The summed E-state index contributed by atoms with van der Waals surface area (Å²) in [6.07, 6.45) is -7.76. The molecule has 0 fully saturated rings. The highest BCUT2D eigenvalue weighted by Crippen LogP contribution is 2.43. The van der Waals surface area contributed by atoms with Crippen molar-refractivity contribution in [2.75, 3.05) is 5.32 Å². The largest absolute Gasteiger partial charge is 0.480 e. The fraction of sp³-hybridized carbons (Fsp3) is 0.212. The van der Waals surface area contributed by atoms with E-state index in [0.717, 1.165) is 6.07 Å². The lowest BCUT2D eigenvalue weighted by Gasteiger charge is -2.22. The van der Waals surface area contributed by atoms with Gasteiger partial charge in [0, 0.05) is 46.4 Å². The van der Waals surface area contributed by atoms with E-state index in [1.165, 1.54) is 49.6 Å². The van der Waals surface area contributed by atoms with Crippen LogP contribution in [-0.4, -0.2) is 45.2 Å². The van der Waals surface area contributed by atoms with Crippen LogP contribution in [0.5, 0.6) is 0 Å². The van der Waals surface area contributed by atoms with Crippen molar-refractivity contribution in [3.8, 4) is 11.1 Å². The number of halogens is 8. The Labute approximate surface area is 266 Å². The van der Waals surface area contributed by atoms with Crippen LogP contribution in [0.25, 0.3) is 32.9 Å². The highest BCUT2D eigenvalue weighted by atomic mass is 19.4. The van der Waals surface area contributed by atoms with Crippen molar-refractivity contribution in [2.45, 2.75) is 44.2 Å². The first-order valence-electron chi connectivity index (χ1n) is 14.3. The highest BCUT2D eigenvalue weighted by Gasteiger charge is 2.39. The number of benzene rings is 3. The van der Waals surface area contributed by atoms with Crippen molar-refractivity contribution in [1.29, 1.82) is 0 Å². The SMILES string of the molecule is CC[C@@H](Nc1cc(F)c(C(=O)N[C@@H](Cc2ccc(-c3c(C(F)(F)F)ccc4cccnc34)c3ncccc23)C(=O)O)c(F)c1)C(F)(F)F. The molecule has 2 heterocycles. The van der Waals surface area contributed by atoms with Gasteiger partial charge in [-0.15, -0.1) is 0 Å². The summed E-state index contributed by atoms with van der Waals surface area (Å²) in [5, 5.41) is 14.5. The molecule has 250 valence electrons. The van der Waals surface area contributed by atoms with Crippen LogP contribution in [0.15, 0.2) is 73.1 Å². The number of amides is 1. The summed E-state index contributed by atoms with van der Waals surface area (Å²) in [7, 11) is 0. The van der Waals surface area contributed by atoms with E-state index >= 15 is 0 Å². The number of fused-ring (bicyclic) bond motifs is 2. The smallest absolute Gasteiger partial charge is 0.417 e. The van der Waals surface area contributed by atoms with Gasteiger partial charge in [-0.1, -0.05) is 37.3 Å². The predicted molar refractivity (Wildman–Crippen MR) is 160 cm³/mol. The summed E-state index contributed by atoms with van der Waals surface area (Å²) in [6.45, 7) is 1.21. The van der Waals surface area contributed by atoms with Gasteiger partial charge in [0.25, 0.3) is 5.91 Å². The molecular formula is C33H24F8N4O3. The third-order valence-corrected chi connectivity index (χ3v) is 7.65. The number of hydrogen-bond acceptors (Lipinski definition) is 5. The number of anilines is 1. The number of alkyl halides is 6. The molecule has 0 spiro atoms. The van der Waals surface area contributed by atoms with Gasteiger partial charge in [0.15, 0.2) is 0 Å². The molecule has 0 aliphatic rings. The van der Waals surface area contributed by atoms with Crippen molar-refractivity contribution < 1.29 is 49.8 Å². The van der Waals surface area contributed by atoms with Crippen LogP contribution in [0, 0.1) is 11.6 Å². The topological polar surface area (TPSA) is 104 Å². The van der Waals surface area contributed by atoms with Gasteiger partial charge >= 0.3 is 18.3 Å². The number of hydrogen-bond donors (Lipinski definition) is 3. The summed E-state index contributed by atoms with van der Waals surface area (Å²) in [6, 6.07) is 8.05. The summed E-state index contributed by atoms with van der Waals surface area (Å²) in [5.41, 5.74) is -2.65. The molecule has 3 N–H and O–H groups in total. The summed E-state index contributed by atoms with van der Waals surface area (Å²) in [5.74, 6) is -6.20. The van der Waals surface area contributed by atoms with Crippen molar-refractivity contribution in [2.24, 2.45) is 0 Å². The monoisotopic (exact) mass is 676 g/mol. The lowest BCUT2D eigenvalue weighted by Crippen LogP contribution is -2.43. The van der Waals surface area contributed by atoms with Crippen LogP contribution in [-0.2, 0) is 17.4 Å². The molecular weight excluding hydrogens is 652 g/mol. The van der Waals surface area contributed by atoms with Gasteiger partial charge in [0.1, 0.15) is 29.3 Å². The van der Waals surface area contributed by atoms with E-state index in [2.05, 4.69) is 9.97 Å². The van der Waals surface area contributed by atoms with E-state index in [1.54, 1.807) is 12.1 Å². The van der Waals surface area contributed by atoms with Crippen LogP contribution >= 0.6 is 0 Å². The Morgan fingerprint density at radius 3 is 2.12 bits per heavy atom. The molecule has 1 amide bonds. The summed E-state index contributed by atoms with van der Waals surface area (Å²) < 4.78 is 112. The maximum Gasteiger partial charge on any atom is 0.417 e. The van der Waals surface area contributed by atoms with Crippen LogP contribution in [0.4, 0.5) is 40.8 Å². The average molecular weight is 677 g/mol. The number of nitrogens with one attached hydrogen (secondary N) is 2. The molecule has 0 saturated heterocycles. The van der Waals surface area contributed by atoms with E-state index < -0.39 is 77.6 Å². The Morgan fingerprint density at radius 2 is 1.52 bits per heavy atom. The first-order chi connectivity index (χ1) is 22.6. The Bertz CT molecular complexity index is 2010. The van der Waals surface area contributed by atoms with Gasteiger partial charge in [-0.2, -0.15) is 26.3 Å². The molecule has 3 aromatic carbocycles. The molecule has 5 rings (SSSR count). The number of carbonyl (C=O) groups excluding carboxylic acids is 1. The fourth-order valence-electron chi connectivity index (χ4n) is 5.41. The minimum atomic E-state index is -4.77. The van der Waals surface area contributed by atoms with E-state index in [4.69, 9.17) is 0 Å². The van der Waals surface area contributed by atoms with Gasteiger partial charge in [-0.05, 0) is 42.3 Å². The Kier molecular flexibility index (Phi) is 9.24. The molecule has 5 aromatic rings.